The van der Waals surface area contributed by atoms with E-state index >= 15 is 0 Å². The van der Waals surface area contributed by atoms with Crippen molar-refractivity contribution in [3.8, 4) is 5.75 Å². The minimum absolute atomic E-state index is 0.114. The van der Waals surface area contributed by atoms with Crippen LogP contribution >= 0.6 is 0 Å². The zero-order valence-electron chi connectivity index (χ0n) is 12.1. The number of benzene rings is 1. The predicted octanol–water partition coefficient (Wildman–Crippen LogP) is 1.62. The second kappa shape index (κ2) is 7.26. The maximum Gasteiger partial charge on any atom is 0.317 e. The molecule has 6 heteroatoms. The number of nitrogens with zero attached hydrogens (tertiary/aromatic N) is 1. The van der Waals surface area contributed by atoms with Crippen LogP contribution < -0.4 is 10.1 Å². The molecule has 2 atom stereocenters. The van der Waals surface area contributed by atoms with Crippen molar-refractivity contribution in [2.75, 3.05) is 26.2 Å². The highest BCUT2D eigenvalue weighted by Crippen LogP contribution is 2.16. The number of carbonyl (C=O) groups is 1. The lowest BCUT2D eigenvalue weighted by Crippen LogP contribution is -2.42. The van der Waals surface area contributed by atoms with Gasteiger partial charge in [0.25, 0.3) is 0 Å². The van der Waals surface area contributed by atoms with Crippen molar-refractivity contribution in [2.45, 2.75) is 19.4 Å². The molecule has 21 heavy (non-hydrogen) atoms. The van der Waals surface area contributed by atoms with Crippen LogP contribution in [-0.4, -0.2) is 48.4 Å². The normalized spacial score (nSPS) is 19.4. The first-order valence-electron chi connectivity index (χ1n) is 7.14. The first-order chi connectivity index (χ1) is 10.1. The number of halogens is 1. The number of carbonyl (C=O) groups excluding carboxylic acids is 1. The molecule has 1 saturated heterocycles. The number of hydrogen-bond donors (Lipinski definition) is 2. The molecule has 1 aromatic rings. The van der Waals surface area contributed by atoms with Gasteiger partial charge in [0.2, 0.25) is 0 Å². The fourth-order valence-electron chi connectivity index (χ4n) is 2.32. The minimum Gasteiger partial charge on any atom is -0.489 e. The molecule has 0 aromatic heterocycles. The van der Waals surface area contributed by atoms with Crippen LogP contribution in [0.3, 0.4) is 0 Å². The second-order valence-corrected chi connectivity index (χ2v) is 5.36. The maximum absolute atomic E-state index is 13.0. The molecule has 1 aromatic carbocycles. The second-order valence-electron chi connectivity index (χ2n) is 5.36. The van der Waals surface area contributed by atoms with E-state index in [1.807, 2.05) is 6.92 Å². The Hall–Kier alpha value is -1.82. The lowest BCUT2D eigenvalue weighted by molar-refractivity contribution is 0.184. The van der Waals surface area contributed by atoms with Crippen molar-refractivity contribution in [2.24, 2.45) is 5.92 Å². The fourth-order valence-corrected chi connectivity index (χ4v) is 2.32. The molecule has 1 aliphatic rings. The summed E-state index contributed by atoms with van der Waals surface area (Å²) in [6.45, 7) is 3.52. The summed E-state index contributed by atoms with van der Waals surface area (Å²) >= 11 is 0. The Morgan fingerprint density at radius 1 is 1.62 bits per heavy atom. The summed E-state index contributed by atoms with van der Waals surface area (Å²) in [5, 5.41) is 11.9. The molecule has 116 valence electrons. The molecular formula is C15H21FN2O3. The van der Waals surface area contributed by atoms with Crippen molar-refractivity contribution in [3.63, 3.8) is 0 Å². The number of urea groups is 1. The molecule has 2 amide bonds. The van der Waals surface area contributed by atoms with Gasteiger partial charge in [0.05, 0.1) is 6.54 Å². The Bertz CT molecular complexity index is 484. The summed E-state index contributed by atoms with van der Waals surface area (Å²) in [6.07, 6.45) is 0.575. The standard InChI is InChI=1S/C15H21FN2O3/c1-11(21-14-4-2-3-13(16)7-14)8-17-15(20)18-6-5-12(9-18)10-19/h2-4,7,11-12,19H,5-6,8-10H2,1H3,(H,17,20). The molecule has 2 unspecified atom stereocenters. The molecule has 1 aliphatic heterocycles. The predicted molar refractivity (Wildman–Crippen MR) is 76.7 cm³/mol. The van der Waals surface area contributed by atoms with Gasteiger partial charge in [-0.1, -0.05) is 6.07 Å². The third-order valence-electron chi connectivity index (χ3n) is 3.51. The van der Waals surface area contributed by atoms with Gasteiger partial charge in [-0.15, -0.1) is 0 Å². The van der Waals surface area contributed by atoms with Crippen molar-refractivity contribution >= 4 is 6.03 Å². The minimum atomic E-state index is -0.351. The first-order valence-corrected chi connectivity index (χ1v) is 7.14. The van der Waals surface area contributed by atoms with Gasteiger partial charge in [0, 0.05) is 31.7 Å². The van der Waals surface area contributed by atoms with Gasteiger partial charge >= 0.3 is 6.03 Å². The molecule has 0 spiro atoms. The number of aliphatic hydroxyl groups excluding tert-OH is 1. The molecule has 0 bridgehead atoms. The van der Waals surface area contributed by atoms with Crippen molar-refractivity contribution in [1.82, 2.24) is 10.2 Å². The van der Waals surface area contributed by atoms with E-state index in [4.69, 9.17) is 9.84 Å². The number of nitrogens with one attached hydrogen (secondary N) is 1. The van der Waals surface area contributed by atoms with E-state index in [9.17, 15) is 9.18 Å². The number of ether oxygens (including phenoxy) is 1. The molecule has 0 radical (unpaired) electrons. The van der Waals surface area contributed by atoms with Crippen molar-refractivity contribution in [3.05, 3.63) is 30.1 Å². The summed E-state index contributed by atoms with van der Waals surface area (Å²) < 4.78 is 18.6. The lowest BCUT2D eigenvalue weighted by atomic mass is 10.1. The number of rotatable bonds is 5. The molecule has 1 heterocycles. The van der Waals surface area contributed by atoms with Gasteiger partial charge in [-0.2, -0.15) is 0 Å². The highest BCUT2D eigenvalue weighted by molar-refractivity contribution is 5.74. The summed E-state index contributed by atoms with van der Waals surface area (Å²) in [7, 11) is 0. The van der Waals surface area contributed by atoms with Crippen LogP contribution in [0.25, 0.3) is 0 Å². The van der Waals surface area contributed by atoms with Crippen molar-refractivity contribution in [1.29, 1.82) is 0 Å². The van der Waals surface area contributed by atoms with Crippen LogP contribution in [0, 0.1) is 11.7 Å². The van der Waals surface area contributed by atoms with Crippen LogP contribution in [0.5, 0.6) is 5.75 Å². The van der Waals surface area contributed by atoms with Crippen LogP contribution in [0.15, 0.2) is 24.3 Å². The third kappa shape index (κ3) is 4.60. The Balaban J connectivity index is 1.73. The van der Waals surface area contributed by atoms with E-state index < -0.39 is 0 Å². The van der Waals surface area contributed by atoms with Crippen LogP contribution in [0.4, 0.5) is 9.18 Å². The SMILES string of the molecule is CC(CNC(=O)N1CCC(CO)C1)Oc1cccc(F)c1. The number of amides is 2. The van der Waals surface area contributed by atoms with E-state index in [1.165, 1.54) is 12.1 Å². The lowest BCUT2D eigenvalue weighted by Gasteiger charge is -2.20. The smallest absolute Gasteiger partial charge is 0.317 e. The molecule has 1 fully saturated rings. The van der Waals surface area contributed by atoms with E-state index in [0.717, 1.165) is 6.42 Å². The Kier molecular flexibility index (Phi) is 5.38. The van der Waals surface area contributed by atoms with E-state index in [0.29, 0.717) is 25.4 Å². The molecule has 0 saturated carbocycles. The number of aliphatic hydroxyl groups is 1. The summed E-state index contributed by atoms with van der Waals surface area (Å²) in [5.41, 5.74) is 0. The van der Waals surface area contributed by atoms with Gasteiger partial charge < -0.3 is 20.1 Å². The highest BCUT2D eigenvalue weighted by atomic mass is 19.1. The average molecular weight is 296 g/mol. The van der Waals surface area contributed by atoms with Gasteiger partial charge in [0.15, 0.2) is 0 Å². The monoisotopic (exact) mass is 296 g/mol. The molecule has 2 N–H and O–H groups in total. The first kappa shape index (κ1) is 15.6. The summed E-state index contributed by atoms with van der Waals surface area (Å²) in [4.78, 5) is 13.6. The van der Waals surface area contributed by atoms with Gasteiger partial charge in [-0.25, -0.2) is 9.18 Å². The molecule has 2 rings (SSSR count). The maximum atomic E-state index is 13.0. The zero-order chi connectivity index (χ0) is 15.2. The van der Waals surface area contributed by atoms with E-state index in [-0.39, 0.29) is 30.5 Å². The van der Waals surface area contributed by atoms with Crippen LogP contribution in [0.1, 0.15) is 13.3 Å². The zero-order valence-corrected chi connectivity index (χ0v) is 12.1. The van der Waals surface area contributed by atoms with Gasteiger partial charge in [-0.3, -0.25) is 0 Å². The molecule has 0 aliphatic carbocycles. The van der Waals surface area contributed by atoms with E-state index in [1.54, 1.807) is 17.0 Å². The van der Waals surface area contributed by atoms with Crippen LogP contribution in [0.2, 0.25) is 0 Å². The number of likely N-dealkylation sites (tertiary alicyclic amines) is 1. The Labute approximate surface area is 123 Å². The largest absolute Gasteiger partial charge is 0.489 e. The summed E-state index contributed by atoms with van der Waals surface area (Å²) in [5.74, 6) is 0.269. The number of hydrogen-bond acceptors (Lipinski definition) is 3. The third-order valence-corrected chi connectivity index (χ3v) is 3.51. The van der Waals surface area contributed by atoms with Gasteiger partial charge in [0.1, 0.15) is 17.7 Å². The van der Waals surface area contributed by atoms with Crippen molar-refractivity contribution < 1.29 is 19.0 Å². The van der Waals surface area contributed by atoms with Gasteiger partial charge in [-0.05, 0) is 25.5 Å². The molecule has 5 nitrogen and oxygen atoms in total. The Morgan fingerprint density at radius 3 is 3.10 bits per heavy atom. The highest BCUT2D eigenvalue weighted by Gasteiger charge is 2.25. The fraction of sp³-hybridized carbons (Fsp3) is 0.533. The quantitative estimate of drug-likeness (QED) is 0.868. The van der Waals surface area contributed by atoms with Crippen LogP contribution in [-0.2, 0) is 0 Å². The molecular weight excluding hydrogens is 275 g/mol. The summed E-state index contributed by atoms with van der Waals surface area (Å²) in [6, 6.07) is 5.76. The van der Waals surface area contributed by atoms with E-state index in [2.05, 4.69) is 5.32 Å². The topological polar surface area (TPSA) is 61.8 Å². The average Bonchev–Trinajstić information content (AvgIpc) is 2.94. The Morgan fingerprint density at radius 2 is 2.43 bits per heavy atom.